The lowest BCUT2D eigenvalue weighted by atomic mass is 10.0. The maximum Gasteiger partial charge on any atom is 0.282 e. The number of nitrogens with zero attached hydrogens (tertiary/aromatic N) is 2. The molecule has 0 saturated heterocycles. The number of hydrogen-bond donors (Lipinski definition) is 1. The molecule has 172 valence electrons. The Morgan fingerprint density at radius 1 is 0.912 bits per heavy atom. The number of nitro groups is 1. The van der Waals surface area contributed by atoms with Crippen molar-refractivity contribution in [1.29, 1.82) is 0 Å². The van der Waals surface area contributed by atoms with Crippen molar-refractivity contribution in [1.82, 2.24) is 0 Å². The topological polar surface area (TPSA) is 111 Å². The van der Waals surface area contributed by atoms with Gasteiger partial charge in [0.15, 0.2) is 0 Å². The quantitative estimate of drug-likeness (QED) is 0.318. The molecule has 2 amide bonds. The van der Waals surface area contributed by atoms with Gasteiger partial charge < -0.3 is 14.8 Å². The van der Waals surface area contributed by atoms with Crippen molar-refractivity contribution in [2.45, 2.75) is 0 Å². The first-order valence-corrected chi connectivity index (χ1v) is 9.96. The molecule has 0 bridgehead atoms. The lowest BCUT2D eigenvalue weighted by Crippen LogP contribution is -2.33. The average Bonchev–Trinajstić information content (AvgIpc) is 3.08. The van der Waals surface area contributed by atoms with Crippen LogP contribution in [0.2, 0.25) is 0 Å². The standard InChI is InChI=1S/C24H18FN3O6/c1-33-17-11-15(12-18(13-17)34-2)26-22-21(14-7-9-16(10-8-14)28(31)32)23(29)27(24(22)30)20-6-4-3-5-19(20)25/h3-13,26H,1-2H3. The predicted octanol–water partition coefficient (Wildman–Crippen LogP) is 4.15. The fourth-order valence-electron chi connectivity index (χ4n) is 3.54. The molecule has 3 aromatic rings. The molecule has 0 aliphatic carbocycles. The molecular weight excluding hydrogens is 445 g/mol. The first-order valence-electron chi connectivity index (χ1n) is 9.96. The van der Waals surface area contributed by atoms with Gasteiger partial charge in [0.05, 0.1) is 30.4 Å². The summed E-state index contributed by atoms with van der Waals surface area (Å²) in [6, 6.07) is 15.4. The van der Waals surface area contributed by atoms with Crippen LogP contribution in [-0.4, -0.2) is 31.0 Å². The van der Waals surface area contributed by atoms with Crippen molar-refractivity contribution in [3.05, 3.63) is 93.9 Å². The summed E-state index contributed by atoms with van der Waals surface area (Å²) in [5.74, 6) is -1.45. The highest BCUT2D eigenvalue weighted by Crippen LogP contribution is 2.36. The van der Waals surface area contributed by atoms with Gasteiger partial charge in [0.1, 0.15) is 23.0 Å². The number of nitro benzene ring substituents is 1. The summed E-state index contributed by atoms with van der Waals surface area (Å²) in [7, 11) is 2.93. The van der Waals surface area contributed by atoms with Crippen molar-refractivity contribution < 1.29 is 28.4 Å². The Balaban J connectivity index is 1.85. The molecule has 9 nitrogen and oxygen atoms in total. The molecule has 0 unspecified atom stereocenters. The van der Waals surface area contributed by atoms with Crippen LogP contribution in [0, 0.1) is 15.9 Å². The number of hydrogen-bond acceptors (Lipinski definition) is 7. The van der Waals surface area contributed by atoms with Crippen molar-refractivity contribution in [2.24, 2.45) is 0 Å². The fraction of sp³-hybridized carbons (Fsp3) is 0.0833. The molecule has 4 rings (SSSR count). The van der Waals surface area contributed by atoms with Gasteiger partial charge in [-0.3, -0.25) is 19.7 Å². The van der Waals surface area contributed by atoms with E-state index >= 15 is 0 Å². The number of non-ortho nitro benzene ring substituents is 1. The highest BCUT2D eigenvalue weighted by Gasteiger charge is 2.41. The van der Waals surface area contributed by atoms with E-state index in [1.54, 1.807) is 18.2 Å². The number of benzene rings is 3. The van der Waals surface area contributed by atoms with E-state index in [1.165, 1.54) is 56.7 Å². The summed E-state index contributed by atoms with van der Waals surface area (Å²) in [6.45, 7) is 0. The monoisotopic (exact) mass is 463 g/mol. The van der Waals surface area contributed by atoms with E-state index in [0.29, 0.717) is 17.2 Å². The number of imide groups is 1. The van der Waals surface area contributed by atoms with Gasteiger partial charge in [0.25, 0.3) is 17.5 Å². The summed E-state index contributed by atoms with van der Waals surface area (Å²) >= 11 is 0. The lowest BCUT2D eigenvalue weighted by molar-refractivity contribution is -0.384. The molecule has 0 radical (unpaired) electrons. The number of rotatable bonds is 7. The van der Waals surface area contributed by atoms with Gasteiger partial charge >= 0.3 is 0 Å². The molecular formula is C24H18FN3O6. The lowest BCUT2D eigenvalue weighted by Gasteiger charge is -2.16. The van der Waals surface area contributed by atoms with Crippen molar-refractivity contribution in [3.8, 4) is 11.5 Å². The Labute approximate surface area is 193 Å². The third kappa shape index (κ3) is 4.04. The van der Waals surface area contributed by atoms with Crippen LogP contribution in [0.1, 0.15) is 5.56 Å². The zero-order valence-electron chi connectivity index (χ0n) is 18.1. The maximum atomic E-state index is 14.5. The summed E-state index contributed by atoms with van der Waals surface area (Å²) < 4.78 is 25.0. The van der Waals surface area contributed by atoms with Gasteiger partial charge in [-0.25, -0.2) is 9.29 Å². The molecule has 1 heterocycles. The molecule has 1 N–H and O–H groups in total. The second-order valence-corrected chi connectivity index (χ2v) is 7.18. The third-order valence-electron chi connectivity index (χ3n) is 5.16. The number of amides is 2. The second kappa shape index (κ2) is 9.02. The maximum absolute atomic E-state index is 14.5. The van der Waals surface area contributed by atoms with E-state index in [1.807, 2.05) is 0 Å². The molecule has 0 saturated carbocycles. The predicted molar refractivity (Wildman–Crippen MR) is 122 cm³/mol. The smallest absolute Gasteiger partial charge is 0.282 e. The summed E-state index contributed by atoms with van der Waals surface area (Å²) in [5.41, 5.74) is 0.0423. The number of ether oxygens (including phenoxy) is 2. The van der Waals surface area contributed by atoms with Crippen LogP contribution in [0.5, 0.6) is 11.5 Å². The van der Waals surface area contributed by atoms with Gasteiger partial charge in [-0.15, -0.1) is 0 Å². The molecule has 0 spiro atoms. The normalized spacial score (nSPS) is 13.3. The van der Waals surface area contributed by atoms with Crippen LogP contribution in [0.4, 0.5) is 21.5 Å². The van der Waals surface area contributed by atoms with Gasteiger partial charge in [-0.05, 0) is 29.8 Å². The van der Waals surface area contributed by atoms with Gasteiger partial charge in [0.2, 0.25) is 0 Å². The SMILES string of the molecule is COc1cc(NC2=C(c3ccc([N+](=O)[O-])cc3)C(=O)N(c3ccccc3F)C2=O)cc(OC)c1. The number of nitrogens with one attached hydrogen (secondary N) is 1. The fourth-order valence-corrected chi connectivity index (χ4v) is 3.54. The molecule has 1 aliphatic rings. The van der Waals surface area contributed by atoms with Crippen molar-refractivity contribution in [3.63, 3.8) is 0 Å². The summed E-state index contributed by atoms with van der Waals surface area (Å²) in [4.78, 5) is 38.0. The first kappa shape index (κ1) is 22.5. The number of anilines is 2. The summed E-state index contributed by atoms with van der Waals surface area (Å²) in [5, 5.41) is 14.0. The van der Waals surface area contributed by atoms with Crippen molar-refractivity contribution in [2.75, 3.05) is 24.4 Å². The van der Waals surface area contributed by atoms with E-state index in [4.69, 9.17) is 9.47 Å². The van der Waals surface area contributed by atoms with Crippen LogP contribution in [0.15, 0.2) is 72.4 Å². The largest absolute Gasteiger partial charge is 0.497 e. The Hall–Kier alpha value is -4.73. The Morgan fingerprint density at radius 3 is 2.09 bits per heavy atom. The minimum atomic E-state index is -0.787. The van der Waals surface area contributed by atoms with Crippen LogP contribution in [-0.2, 0) is 9.59 Å². The van der Waals surface area contributed by atoms with E-state index in [2.05, 4.69) is 5.32 Å². The minimum absolute atomic E-state index is 0.0649. The zero-order valence-corrected chi connectivity index (χ0v) is 18.1. The highest BCUT2D eigenvalue weighted by atomic mass is 19.1. The van der Waals surface area contributed by atoms with E-state index in [9.17, 15) is 24.1 Å². The van der Waals surface area contributed by atoms with E-state index < -0.39 is 22.6 Å². The minimum Gasteiger partial charge on any atom is -0.497 e. The number of carbonyl (C=O) groups excluding carboxylic acids is 2. The first-order chi connectivity index (χ1) is 16.3. The van der Waals surface area contributed by atoms with Gasteiger partial charge in [-0.1, -0.05) is 12.1 Å². The molecule has 0 aromatic heterocycles. The Bertz CT molecular complexity index is 1310. The number of halogens is 1. The van der Waals surface area contributed by atoms with E-state index in [-0.39, 0.29) is 28.2 Å². The number of carbonyl (C=O) groups is 2. The molecule has 0 fully saturated rings. The number of para-hydroxylation sites is 1. The van der Waals surface area contributed by atoms with Gasteiger partial charge in [0, 0.05) is 36.0 Å². The van der Waals surface area contributed by atoms with Crippen LogP contribution >= 0.6 is 0 Å². The second-order valence-electron chi connectivity index (χ2n) is 7.18. The van der Waals surface area contributed by atoms with Crippen LogP contribution in [0.25, 0.3) is 5.57 Å². The van der Waals surface area contributed by atoms with E-state index in [0.717, 1.165) is 11.0 Å². The highest BCUT2D eigenvalue weighted by molar-refractivity contribution is 6.46. The summed E-state index contributed by atoms with van der Waals surface area (Å²) in [6.07, 6.45) is 0. The molecule has 10 heteroatoms. The molecule has 0 atom stereocenters. The van der Waals surface area contributed by atoms with Crippen LogP contribution < -0.4 is 19.7 Å². The van der Waals surface area contributed by atoms with Crippen LogP contribution in [0.3, 0.4) is 0 Å². The molecule has 3 aromatic carbocycles. The number of methoxy groups -OCH3 is 2. The average molecular weight is 463 g/mol. The third-order valence-corrected chi connectivity index (χ3v) is 5.16. The van der Waals surface area contributed by atoms with Crippen molar-refractivity contribution >= 4 is 34.4 Å². The molecule has 1 aliphatic heterocycles. The molecule has 34 heavy (non-hydrogen) atoms. The Morgan fingerprint density at radius 2 is 1.53 bits per heavy atom. The van der Waals surface area contributed by atoms with Gasteiger partial charge in [-0.2, -0.15) is 0 Å². The zero-order chi connectivity index (χ0) is 24.4. The Kier molecular flexibility index (Phi) is 5.96.